The molecule has 2 atom stereocenters. The molecule has 0 amide bonds. The number of aliphatic hydroxyl groups is 1. The fraction of sp³-hybridized carbons (Fsp3) is 0.700. The first-order chi connectivity index (χ1) is 12.1. The zero-order valence-electron chi connectivity index (χ0n) is 16.2. The van der Waals surface area contributed by atoms with Crippen molar-refractivity contribution in [3.63, 3.8) is 0 Å². The largest absolute Gasteiger partial charge is 0.494 e. The van der Waals surface area contributed by atoms with E-state index in [-0.39, 0.29) is 28.8 Å². The van der Waals surface area contributed by atoms with Gasteiger partial charge in [-0.05, 0) is 64.4 Å². The molecule has 2 bridgehead atoms. The minimum Gasteiger partial charge on any atom is -0.399 e. The quantitative estimate of drug-likeness (QED) is 0.823. The molecule has 3 saturated heterocycles. The third kappa shape index (κ3) is 3.19. The van der Waals surface area contributed by atoms with Crippen LogP contribution in [0.3, 0.4) is 0 Å². The molecule has 0 radical (unpaired) electrons. The van der Waals surface area contributed by atoms with Crippen molar-refractivity contribution in [1.29, 1.82) is 0 Å². The van der Waals surface area contributed by atoms with Gasteiger partial charge in [0.15, 0.2) is 0 Å². The van der Waals surface area contributed by atoms with Crippen LogP contribution in [0.2, 0.25) is 0 Å². The van der Waals surface area contributed by atoms with E-state index in [0.29, 0.717) is 19.3 Å². The number of rotatable bonds is 3. The normalized spacial score (nSPS) is 37.9. The van der Waals surface area contributed by atoms with Crippen LogP contribution in [0.25, 0.3) is 0 Å². The van der Waals surface area contributed by atoms with Crippen molar-refractivity contribution < 1.29 is 18.6 Å². The molecule has 3 aliphatic rings. The van der Waals surface area contributed by atoms with E-state index < -0.39 is 16.4 Å². The first kappa shape index (κ1) is 18.7. The van der Waals surface area contributed by atoms with Crippen molar-refractivity contribution in [2.75, 3.05) is 0 Å². The van der Waals surface area contributed by atoms with E-state index >= 15 is 0 Å². The molecule has 1 aromatic carbocycles. The highest BCUT2D eigenvalue weighted by molar-refractivity contribution is 7.86. The third-order valence-corrected chi connectivity index (χ3v) is 8.81. The van der Waals surface area contributed by atoms with Gasteiger partial charge in [-0.2, -0.15) is 0 Å². The van der Waals surface area contributed by atoms with Gasteiger partial charge in [-0.15, -0.1) is 0 Å². The second-order valence-electron chi connectivity index (χ2n) is 9.29. The summed E-state index contributed by atoms with van der Waals surface area (Å²) in [6.07, 6.45) is 3.89. The average Bonchev–Trinajstić information content (AvgIpc) is 2.89. The Kier molecular flexibility index (Phi) is 4.42. The van der Waals surface area contributed by atoms with Gasteiger partial charge in [0.05, 0.1) is 16.8 Å². The summed E-state index contributed by atoms with van der Waals surface area (Å²) in [5.41, 5.74) is 0.615. The monoisotopic (exact) mass is 376 g/mol. The van der Waals surface area contributed by atoms with Gasteiger partial charge in [-0.1, -0.05) is 24.3 Å². The van der Waals surface area contributed by atoms with Crippen LogP contribution in [-0.4, -0.2) is 43.7 Å². The lowest BCUT2D eigenvalue weighted by atomic mass is 9.77. The SMILES string of the molecule is CC1(C)OB(c2cccc(CC3(O)CC4CCC(C3)S4=O)c2)OC1(C)C. The summed E-state index contributed by atoms with van der Waals surface area (Å²) in [5.74, 6) is 0. The average molecular weight is 376 g/mol. The maximum Gasteiger partial charge on any atom is 0.494 e. The Morgan fingerprint density at radius 3 is 2.27 bits per heavy atom. The van der Waals surface area contributed by atoms with Crippen LogP contribution in [0.4, 0.5) is 0 Å². The lowest BCUT2D eigenvalue weighted by Gasteiger charge is -2.36. The van der Waals surface area contributed by atoms with Crippen molar-refractivity contribution in [2.45, 2.75) is 87.1 Å². The molecule has 0 spiro atoms. The minimum absolute atomic E-state index is 0.171. The predicted octanol–water partition coefficient (Wildman–Crippen LogP) is 2.33. The highest BCUT2D eigenvalue weighted by Gasteiger charge is 2.52. The Hall–Kier alpha value is -0.685. The Balaban J connectivity index is 1.51. The summed E-state index contributed by atoms with van der Waals surface area (Å²) in [4.78, 5) is 0. The van der Waals surface area contributed by atoms with Crippen LogP contribution in [-0.2, 0) is 26.5 Å². The van der Waals surface area contributed by atoms with Crippen LogP contribution < -0.4 is 5.46 Å². The van der Waals surface area contributed by atoms with Gasteiger partial charge in [-0.25, -0.2) is 0 Å². The Bertz CT molecular complexity index is 700. The summed E-state index contributed by atoms with van der Waals surface area (Å²) in [6, 6.07) is 8.18. The van der Waals surface area contributed by atoms with Crippen LogP contribution in [0.1, 0.15) is 58.9 Å². The molecule has 0 aromatic heterocycles. The van der Waals surface area contributed by atoms with E-state index in [9.17, 15) is 9.32 Å². The first-order valence-electron chi connectivity index (χ1n) is 9.65. The number of fused-ring (bicyclic) bond motifs is 2. The molecular weight excluding hydrogens is 347 g/mol. The third-order valence-electron chi connectivity index (χ3n) is 6.69. The second-order valence-corrected chi connectivity index (χ2v) is 11.3. The molecule has 1 N–H and O–H groups in total. The maximum atomic E-state index is 12.2. The van der Waals surface area contributed by atoms with E-state index in [1.54, 1.807) is 0 Å². The molecule has 142 valence electrons. The summed E-state index contributed by atoms with van der Waals surface area (Å²) >= 11 is 0. The van der Waals surface area contributed by atoms with Gasteiger partial charge in [0.1, 0.15) is 0 Å². The lowest BCUT2D eigenvalue weighted by Crippen LogP contribution is -2.44. The van der Waals surface area contributed by atoms with E-state index in [1.807, 2.05) is 12.1 Å². The summed E-state index contributed by atoms with van der Waals surface area (Å²) in [7, 11) is -1.13. The molecule has 3 fully saturated rings. The van der Waals surface area contributed by atoms with Gasteiger partial charge < -0.3 is 14.4 Å². The standard InChI is InChI=1S/C20H29BO4S/c1-18(2)19(3,4)25-21(24-18)15-7-5-6-14(10-15)11-20(22)12-16-8-9-17(13-20)26(16)23/h5-7,10,16-17,22H,8-9,11-13H2,1-4H3. The molecule has 4 rings (SSSR count). The first-order valence-corrected chi connectivity index (χ1v) is 10.9. The van der Waals surface area contributed by atoms with Crippen LogP contribution >= 0.6 is 0 Å². The molecule has 0 saturated carbocycles. The van der Waals surface area contributed by atoms with E-state index in [2.05, 4.69) is 39.8 Å². The van der Waals surface area contributed by atoms with E-state index in [4.69, 9.17) is 9.31 Å². The highest BCUT2D eigenvalue weighted by atomic mass is 32.2. The lowest BCUT2D eigenvalue weighted by molar-refractivity contribution is 0.00578. The molecule has 6 heteroatoms. The predicted molar refractivity (Wildman–Crippen MR) is 105 cm³/mol. The molecule has 3 heterocycles. The number of hydrogen-bond acceptors (Lipinski definition) is 4. The van der Waals surface area contributed by atoms with Crippen molar-refractivity contribution in [2.24, 2.45) is 0 Å². The summed E-state index contributed by atoms with van der Waals surface area (Å²) in [6.45, 7) is 8.21. The highest BCUT2D eigenvalue weighted by Crippen LogP contribution is 2.42. The molecular formula is C20H29BO4S. The van der Waals surface area contributed by atoms with Crippen LogP contribution in [0, 0.1) is 0 Å². The van der Waals surface area contributed by atoms with Crippen LogP contribution in [0.15, 0.2) is 24.3 Å². The topological polar surface area (TPSA) is 55.8 Å². The van der Waals surface area contributed by atoms with Crippen molar-refractivity contribution in [1.82, 2.24) is 0 Å². The van der Waals surface area contributed by atoms with Gasteiger partial charge in [0.25, 0.3) is 0 Å². The molecule has 2 unspecified atom stereocenters. The fourth-order valence-corrected chi connectivity index (χ4v) is 6.76. The van der Waals surface area contributed by atoms with E-state index in [0.717, 1.165) is 23.9 Å². The van der Waals surface area contributed by atoms with Gasteiger partial charge in [0.2, 0.25) is 0 Å². The fourth-order valence-electron chi connectivity index (χ4n) is 4.53. The molecule has 26 heavy (non-hydrogen) atoms. The van der Waals surface area contributed by atoms with Crippen molar-refractivity contribution >= 4 is 23.4 Å². The molecule has 0 aliphatic carbocycles. The molecule has 3 aliphatic heterocycles. The maximum absolute atomic E-state index is 12.2. The number of hydrogen-bond donors (Lipinski definition) is 1. The van der Waals surface area contributed by atoms with Gasteiger partial charge >= 0.3 is 7.12 Å². The summed E-state index contributed by atoms with van der Waals surface area (Å²) in [5, 5.41) is 11.5. The Morgan fingerprint density at radius 2 is 1.69 bits per heavy atom. The smallest absolute Gasteiger partial charge is 0.399 e. The zero-order chi connectivity index (χ0) is 18.7. The number of benzene rings is 1. The van der Waals surface area contributed by atoms with E-state index in [1.165, 1.54) is 0 Å². The minimum atomic E-state index is -0.747. The van der Waals surface area contributed by atoms with Crippen LogP contribution in [0.5, 0.6) is 0 Å². The zero-order valence-corrected chi connectivity index (χ0v) is 17.0. The van der Waals surface area contributed by atoms with Crippen molar-refractivity contribution in [3.05, 3.63) is 29.8 Å². The Labute approximate surface area is 159 Å². The van der Waals surface area contributed by atoms with Gasteiger partial charge in [0, 0.05) is 27.7 Å². The second kappa shape index (κ2) is 6.16. The molecule has 1 aromatic rings. The molecule has 4 nitrogen and oxygen atoms in total. The Morgan fingerprint density at radius 1 is 1.12 bits per heavy atom. The summed E-state index contributed by atoms with van der Waals surface area (Å²) < 4.78 is 24.6. The van der Waals surface area contributed by atoms with Gasteiger partial charge in [-0.3, -0.25) is 4.21 Å². The van der Waals surface area contributed by atoms with Crippen molar-refractivity contribution in [3.8, 4) is 0 Å².